The number of carbonyl (C=O) groups is 3. The Balaban J connectivity index is 0.000000208. The molecular weight excluding hydrogens is 749 g/mol. The minimum atomic E-state index is -0.585. The summed E-state index contributed by atoms with van der Waals surface area (Å²) >= 11 is 0. The molecule has 8 rings (SSSR count). The zero-order valence-corrected chi connectivity index (χ0v) is 35.8. The molecule has 5 aromatic rings. The lowest BCUT2D eigenvalue weighted by molar-refractivity contribution is -0.136. The van der Waals surface area contributed by atoms with Gasteiger partial charge in [0.25, 0.3) is 5.91 Å². The van der Waals surface area contributed by atoms with Crippen LogP contribution in [0, 0.1) is 38.5 Å². The molecule has 1 saturated heterocycles. The van der Waals surface area contributed by atoms with Gasteiger partial charge in [-0.1, -0.05) is 82.4 Å². The molecule has 10 heteroatoms. The molecule has 1 atom stereocenters. The van der Waals surface area contributed by atoms with E-state index < -0.39 is 11.9 Å². The van der Waals surface area contributed by atoms with Crippen molar-refractivity contribution in [1.29, 1.82) is 0 Å². The van der Waals surface area contributed by atoms with Crippen LogP contribution in [-0.2, 0) is 22.6 Å². The Bertz CT molecular complexity index is 2290. The molecule has 0 spiro atoms. The molecule has 2 aliphatic heterocycles. The number of amides is 3. The van der Waals surface area contributed by atoms with Crippen molar-refractivity contribution in [2.45, 2.75) is 99.1 Å². The highest BCUT2D eigenvalue weighted by Crippen LogP contribution is 2.31. The Kier molecular flexibility index (Phi) is 16.7. The number of aromatic hydroxyl groups is 1. The van der Waals surface area contributed by atoms with Gasteiger partial charge in [0, 0.05) is 53.9 Å². The number of piperidine rings is 1. The number of pyridine rings is 3. The highest BCUT2D eigenvalue weighted by molar-refractivity contribution is 6.05. The number of fused-ring (bicyclic) bond motifs is 1. The molecule has 1 aliphatic carbocycles. The molecule has 0 radical (unpaired) electrons. The van der Waals surface area contributed by atoms with Crippen LogP contribution in [0.3, 0.4) is 0 Å². The molecule has 3 aliphatic rings. The lowest BCUT2D eigenvalue weighted by atomic mass is 9.88. The van der Waals surface area contributed by atoms with Gasteiger partial charge >= 0.3 is 0 Å². The van der Waals surface area contributed by atoms with Crippen LogP contribution in [0.1, 0.15) is 103 Å². The van der Waals surface area contributed by atoms with E-state index in [0.717, 1.165) is 47.7 Å². The third-order valence-electron chi connectivity index (χ3n) is 10.8. The number of rotatable bonds is 8. The molecular formula is C50H58N6O4. The molecule has 312 valence electrons. The first-order valence-corrected chi connectivity index (χ1v) is 21.1. The molecule has 10 nitrogen and oxygen atoms in total. The summed E-state index contributed by atoms with van der Waals surface area (Å²) in [6.45, 7) is 14.3. The number of nitrogens with one attached hydrogen (secondary N) is 2. The van der Waals surface area contributed by atoms with Crippen LogP contribution in [0.2, 0.25) is 0 Å². The number of benzene rings is 2. The average Bonchev–Trinajstić information content (AvgIpc) is 3.56. The lowest BCUT2D eigenvalue weighted by Crippen LogP contribution is -2.52. The molecule has 1 saturated carbocycles. The van der Waals surface area contributed by atoms with E-state index in [1.165, 1.54) is 53.3 Å². The molecule has 2 aromatic carbocycles. The Morgan fingerprint density at radius 2 is 1.60 bits per heavy atom. The smallest absolute Gasteiger partial charge is 0.255 e. The van der Waals surface area contributed by atoms with Gasteiger partial charge in [-0.05, 0) is 122 Å². The van der Waals surface area contributed by atoms with Crippen LogP contribution in [0.5, 0.6) is 5.75 Å². The van der Waals surface area contributed by atoms with Crippen LogP contribution >= 0.6 is 0 Å². The first-order chi connectivity index (χ1) is 29.0. The number of nitrogens with zero attached hydrogens (tertiary/aromatic N) is 4. The lowest BCUT2D eigenvalue weighted by Gasteiger charge is -2.29. The molecule has 3 N–H and O–H groups in total. The van der Waals surface area contributed by atoms with Crippen molar-refractivity contribution >= 4 is 17.7 Å². The van der Waals surface area contributed by atoms with Crippen LogP contribution in [0.15, 0.2) is 91.5 Å². The Hall–Kier alpha value is -6.18. The van der Waals surface area contributed by atoms with Gasteiger partial charge in [0.05, 0.1) is 12.7 Å². The SMILES string of the molecule is CC.CC1CCC1.Cc1ccc(-c2ccc(-c3cnccc3C)c(C)c2)cn1.O=C1CCC(N2Cc3cc(CCCNCC#Cc4ccc(O)cn4)ccc3C2=O)C(=O)N1. The highest BCUT2D eigenvalue weighted by atomic mass is 16.3. The molecule has 1 unspecified atom stereocenters. The number of imide groups is 1. The normalized spacial score (nSPS) is 15.3. The summed E-state index contributed by atoms with van der Waals surface area (Å²) in [4.78, 5) is 50.5. The van der Waals surface area contributed by atoms with Gasteiger partial charge in [-0.15, -0.1) is 0 Å². The zero-order chi connectivity index (χ0) is 43.0. The molecule has 2 fully saturated rings. The maximum absolute atomic E-state index is 12.7. The maximum Gasteiger partial charge on any atom is 0.255 e. The summed E-state index contributed by atoms with van der Waals surface area (Å²) in [6.07, 6.45) is 13.9. The second kappa shape index (κ2) is 22.3. The van der Waals surface area contributed by atoms with Crippen LogP contribution < -0.4 is 10.6 Å². The van der Waals surface area contributed by atoms with E-state index >= 15 is 0 Å². The number of hydrogen-bond donors (Lipinski definition) is 3. The summed E-state index contributed by atoms with van der Waals surface area (Å²) < 4.78 is 0. The topological polar surface area (TPSA) is 137 Å². The second-order valence-electron chi connectivity index (χ2n) is 15.3. The number of carbonyl (C=O) groups excluding carboxylic acids is 3. The van der Waals surface area contributed by atoms with Crippen LogP contribution in [-0.4, -0.2) is 61.8 Å². The van der Waals surface area contributed by atoms with Crippen molar-refractivity contribution in [3.63, 3.8) is 0 Å². The predicted molar refractivity (Wildman–Crippen MR) is 238 cm³/mol. The number of aryl methyl sites for hydroxylation is 4. The van der Waals surface area contributed by atoms with E-state index in [0.29, 0.717) is 30.8 Å². The van der Waals surface area contributed by atoms with Crippen molar-refractivity contribution < 1.29 is 19.5 Å². The summed E-state index contributed by atoms with van der Waals surface area (Å²) in [5.74, 6) is 6.29. The largest absolute Gasteiger partial charge is 0.506 e. The summed E-state index contributed by atoms with van der Waals surface area (Å²) in [5.41, 5.74) is 11.6. The van der Waals surface area contributed by atoms with Gasteiger partial charge in [-0.25, -0.2) is 4.98 Å². The third kappa shape index (κ3) is 12.4. The minimum absolute atomic E-state index is 0.119. The van der Waals surface area contributed by atoms with Gasteiger partial charge in [-0.2, -0.15) is 0 Å². The Morgan fingerprint density at radius 3 is 2.25 bits per heavy atom. The second-order valence-corrected chi connectivity index (χ2v) is 15.3. The fourth-order valence-corrected chi connectivity index (χ4v) is 7.09. The van der Waals surface area contributed by atoms with E-state index in [4.69, 9.17) is 0 Å². The molecule has 5 heterocycles. The molecule has 60 heavy (non-hydrogen) atoms. The fourth-order valence-electron chi connectivity index (χ4n) is 7.09. The van der Waals surface area contributed by atoms with Gasteiger partial charge in [0.15, 0.2) is 0 Å². The van der Waals surface area contributed by atoms with E-state index in [1.54, 1.807) is 17.0 Å². The van der Waals surface area contributed by atoms with Crippen molar-refractivity contribution in [1.82, 2.24) is 30.5 Å². The molecule has 0 bridgehead atoms. The average molecular weight is 807 g/mol. The Morgan fingerprint density at radius 1 is 0.833 bits per heavy atom. The third-order valence-corrected chi connectivity index (χ3v) is 10.8. The fraction of sp³-hybridized carbons (Fsp3) is 0.360. The Labute approximate surface area is 355 Å². The first kappa shape index (κ1) is 44.9. The van der Waals surface area contributed by atoms with Gasteiger partial charge < -0.3 is 15.3 Å². The van der Waals surface area contributed by atoms with E-state index in [1.807, 2.05) is 69.7 Å². The van der Waals surface area contributed by atoms with Crippen molar-refractivity contribution in [2.75, 3.05) is 13.1 Å². The van der Waals surface area contributed by atoms with Crippen molar-refractivity contribution in [2.24, 2.45) is 5.92 Å². The molecule has 3 amide bonds. The predicted octanol–water partition coefficient (Wildman–Crippen LogP) is 8.69. The summed E-state index contributed by atoms with van der Waals surface area (Å²) in [6, 6.07) is 21.2. The van der Waals surface area contributed by atoms with Gasteiger partial charge in [0.2, 0.25) is 11.8 Å². The summed E-state index contributed by atoms with van der Waals surface area (Å²) in [7, 11) is 0. The van der Waals surface area contributed by atoms with Gasteiger partial charge in [0.1, 0.15) is 17.5 Å². The zero-order valence-electron chi connectivity index (χ0n) is 35.8. The van der Waals surface area contributed by atoms with Crippen molar-refractivity contribution in [3.05, 3.63) is 131 Å². The standard InChI is InChI=1S/C24H24N4O4.C19H18N2.C5H10.C2H6/c29-19-7-6-18(26-14-19)4-2-12-25-11-1-3-16-5-8-20-17(13-16)15-28(24(20)32)21-9-10-22(30)27-23(21)31;1-13-8-9-20-12-19(13)18-7-6-16(10-14(18)2)17-5-4-15(3)21-11-17;1-5-3-2-4-5;1-2/h5-8,13-14,21,25,29H,1,3,9-12,15H2,(H,27,30,31);4-12H,1-3H3;5H,2-4H2,1H3;1-2H3. The van der Waals surface area contributed by atoms with E-state index in [9.17, 15) is 19.5 Å². The quantitative estimate of drug-likeness (QED) is 0.0805. The first-order valence-electron chi connectivity index (χ1n) is 21.1. The molecule has 3 aromatic heterocycles. The summed E-state index contributed by atoms with van der Waals surface area (Å²) in [5, 5.41) is 14.8. The number of aromatic nitrogens is 3. The van der Waals surface area contributed by atoms with Gasteiger partial charge in [-0.3, -0.25) is 29.7 Å². The minimum Gasteiger partial charge on any atom is -0.506 e. The van der Waals surface area contributed by atoms with E-state index in [2.05, 4.69) is 82.5 Å². The van der Waals surface area contributed by atoms with Crippen LogP contribution in [0.4, 0.5) is 0 Å². The number of hydrogen-bond acceptors (Lipinski definition) is 8. The van der Waals surface area contributed by atoms with Crippen LogP contribution in [0.25, 0.3) is 22.3 Å². The van der Waals surface area contributed by atoms with Crippen molar-refractivity contribution in [3.8, 4) is 39.8 Å². The highest BCUT2D eigenvalue weighted by Gasteiger charge is 2.39. The monoisotopic (exact) mass is 806 g/mol. The maximum atomic E-state index is 12.7. The van der Waals surface area contributed by atoms with E-state index in [-0.39, 0.29) is 24.0 Å².